The van der Waals surface area contributed by atoms with Crippen LogP contribution in [0.15, 0.2) is 4.99 Å². The lowest BCUT2D eigenvalue weighted by Gasteiger charge is -2.27. The number of hydrogen-bond acceptors (Lipinski definition) is 3. The Kier molecular flexibility index (Phi) is 7.00. The molecule has 1 atom stereocenters. The summed E-state index contributed by atoms with van der Waals surface area (Å²) in [6, 6.07) is 0. The summed E-state index contributed by atoms with van der Waals surface area (Å²) in [6.07, 6.45) is 6.23. The van der Waals surface area contributed by atoms with Gasteiger partial charge in [-0.25, -0.2) is 0 Å². The van der Waals surface area contributed by atoms with E-state index in [0.717, 1.165) is 57.6 Å². The highest BCUT2D eigenvalue weighted by Gasteiger charge is 2.32. The SMILES string of the molecule is CN=C(NCC1(O)CCCC1)NCC1(C)CCCO1.I. The molecule has 0 spiro atoms. The fourth-order valence-corrected chi connectivity index (χ4v) is 2.93. The molecule has 0 aromatic rings. The highest BCUT2D eigenvalue weighted by atomic mass is 127. The van der Waals surface area contributed by atoms with Crippen LogP contribution in [0, 0.1) is 0 Å². The van der Waals surface area contributed by atoms with E-state index in [4.69, 9.17) is 4.74 Å². The largest absolute Gasteiger partial charge is 0.388 e. The van der Waals surface area contributed by atoms with Crippen molar-refractivity contribution in [3.63, 3.8) is 0 Å². The normalized spacial score (nSPS) is 29.1. The van der Waals surface area contributed by atoms with Crippen LogP contribution in [0.5, 0.6) is 0 Å². The van der Waals surface area contributed by atoms with Crippen LogP contribution >= 0.6 is 24.0 Å². The molecule has 1 unspecified atom stereocenters. The van der Waals surface area contributed by atoms with E-state index >= 15 is 0 Å². The van der Waals surface area contributed by atoms with E-state index in [2.05, 4.69) is 22.5 Å². The molecule has 2 fully saturated rings. The Balaban J connectivity index is 0.00000200. The molecule has 20 heavy (non-hydrogen) atoms. The molecule has 2 aliphatic rings. The number of nitrogens with zero attached hydrogens (tertiary/aromatic N) is 1. The smallest absolute Gasteiger partial charge is 0.191 e. The third-order valence-corrected chi connectivity index (χ3v) is 4.27. The number of aliphatic hydroxyl groups is 1. The molecule has 1 aliphatic carbocycles. The third-order valence-electron chi connectivity index (χ3n) is 4.27. The molecule has 1 saturated carbocycles. The predicted octanol–water partition coefficient (Wildman–Crippen LogP) is 1.64. The second-order valence-electron chi connectivity index (χ2n) is 6.11. The van der Waals surface area contributed by atoms with Crippen LogP contribution < -0.4 is 10.6 Å². The molecule has 1 saturated heterocycles. The fourth-order valence-electron chi connectivity index (χ4n) is 2.93. The minimum Gasteiger partial charge on any atom is -0.388 e. The quantitative estimate of drug-likeness (QED) is 0.384. The minimum atomic E-state index is -0.550. The van der Waals surface area contributed by atoms with Crippen molar-refractivity contribution in [1.82, 2.24) is 10.6 Å². The van der Waals surface area contributed by atoms with Crippen molar-refractivity contribution in [3.05, 3.63) is 0 Å². The van der Waals surface area contributed by atoms with Gasteiger partial charge in [-0.1, -0.05) is 12.8 Å². The van der Waals surface area contributed by atoms with Crippen LogP contribution in [0.3, 0.4) is 0 Å². The average Bonchev–Trinajstić information content (AvgIpc) is 3.00. The molecule has 2 rings (SSSR count). The first-order valence-electron chi connectivity index (χ1n) is 7.36. The van der Waals surface area contributed by atoms with Crippen LogP contribution in [0.4, 0.5) is 0 Å². The van der Waals surface area contributed by atoms with E-state index in [1.54, 1.807) is 7.05 Å². The second kappa shape index (κ2) is 7.79. The summed E-state index contributed by atoms with van der Waals surface area (Å²) >= 11 is 0. The highest BCUT2D eigenvalue weighted by Crippen LogP contribution is 2.28. The van der Waals surface area contributed by atoms with Gasteiger partial charge in [-0.2, -0.15) is 0 Å². The van der Waals surface area contributed by atoms with Gasteiger partial charge in [0.2, 0.25) is 0 Å². The maximum Gasteiger partial charge on any atom is 0.191 e. The van der Waals surface area contributed by atoms with Gasteiger partial charge >= 0.3 is 0 Å². The van der Waals surface area contributed by atoms with Gasteiger partial charge in [0.1, 0.15) is 0 Å². The van der Waals surface area contributed by atoms with Gasteiger partial charge in [-0.05, 0) is 32.6 Å². The number of rotatable bonds is 4. The van der Waals surface area contributed by atoms with Crippen molar-refractivity contribution in [1.29, 1.82) is 0 Å². The number of ether oxygens (including phenoxy) is 1. The van der Waals surface area contributed by atoms with E-state index in [0.29, 0.717) is 6.54 Å². The van der Waals surface area contributed by atoms with Crippen LogP contribution in [0.1, 0.15) is 45.4 Å². The zero-order valence-electron chi connectivity index (χ0n) is 12.6. The van der Waals surface area contributed by atoms with Crippen LogP contribution in [0.2, 0.25) is 0 Å². The van der Waals surface area contributed by atoms with E-state index in [1.165, 1.54) is 0 Å². The molecule has 1 heterocycles. The molecule has 0 amide bonds. The third kappa shape index (κ3) is 5.04. The van der Waals surface area contributed by atoms with Crippen molar-refractivity contribution in [3.8, 4) is 0 Å². The first-order chi connectivity index (χ1) is 9.05. The van der Waals surface area contributed by atoms with Crippen LogP contribution in [0.25, 0.3) is 0 Å². The summed E-state index contributed by atoms with van der Waals surface area (Å²) in [6.45, 7) is 4.31. The zero-order valence-corrected chi connectivity index (χ0v) is 14.9. The van der Waals surface area contributed by atoms with E-state index in [-0.39, 0.29) is 29.6 Å². The molecular weight excluding hydrogens is 369 g/mol. The minimum absolute atomic E-state index is 0. The summed E-state index contributed by atoms with van der Waals surface area (Å²) in [5.41, 5.74) is -0.632. The van der Waals surface area contributed by atoms with Gasteiger partial charge in [-0.3, -0.25) is 4.99 Å². The molecule has 3 N–H and O–H groups in total. The first-order valence-corrected chi connectivity index (χ1v) is 7.36. The molecule has 5 nitrogen and oxygen atoms in total. The standard InChI is InChI=1S/C14H27N3O2.HI/c1-13(6-5-9-19-13)10-16-12(15-2)17-11-14(18)7-3-4-8-14;/h18H,3-11H2,1-2H3,(H2,15,16,17);1H. The Morgan fingerprint density at radius 2 is 1.80 bits per heavy atom. The Bertz CT molecular complexity index is 296. The van der Waals surface area contributed by atoms with Crippen LogP contribution in [-0.2, 0) is 4.74 Å². The number of aliphatic imine (C=N–C) groups is 1. The highest BCUT2D eigenvalue weighted by molar-refractivity contribution is 14.0. The Hall–Kier alpha value is -0.0800. The zero-order chi connectivity index (χ0) is 13.8. The molecule has 0 radical (unpaired) electrons. The monoisotopic (exact) mass is 397 g/mol. The van der Waals surface area contributed by atoms with Gasteiger partial charge in [-0.15, -0.1) is 24.0 Å². The predicted molar refractivity (Wildman–Crippen MR) is 91.8 cm³/mol. The number of guanidine groups is 1. The van der Waals surface area contributed by atoms with Gasteiger partial charge in [0.15, 0.2) is 5.96 Å². The van der Waals surface area contributed by atoms with Gasteiger partial charge in [0, 0.05) is 26.7 Å². The summed E-state index contributed by atoms with van der Waals surface area (Å²) < 4.78 is 5.74. The topological polar surface area (TPSA) is 65.9 Å². The lowest BCUT2D eigenvalue weighted by molar-refractivity contribution is 0.0240. The van der Waals surface area contributed by atoms with Crippen molar-refractivity contribution in [2.45, 2.75) is 56.7 Å². The summed E-state index contributed by atoms with van der Waals surface area (Å²) in [7, 11) is 1.76. The molecule has 1 aliphatic heterocycles. The van der Waals surface area contributed by atoms with Crippen molar-refractivity contribution < 1.29 is 9.84 Å². The van der Waals surface area contributed by atoms with Gasteiger partial charge < -0.3 is 20.5 Å². The maximum atomic E-state index is 10.3. The fraction of sp³-hybridized carbons (Fsp3) is 0.929. The molecule has 0 aromatic heterocycles. The van der Waals surface area contributed by atoms with Crippen LogP contribution in [-0.4, -0.2) is 49.0 Å². The summed E-state index contributed by atoms with van der Waals surface area (Å²) in [5.74, 6) is 0.747. The molecular formula is C14H28IN3O2. The van der Waals surface area contributed by atoms with E-state index in [1.807, 2.05) is 0 Å². The molecule has 0 bridgehead atoms. The molecule has 0 aromatic carbocycles. The first kappa shape index (κ1) is 18.0. The Morgan fingerprint density at radius 1 is 1.15 bits per heavy atom. The lowest BCUT2D eigenvalue weighted by atomic mass is 10.0. The summed E-state index contributed by atoms with van der Waals surface area (Å²) in [4.78, 5) is 4.20. The van der Waals surface area contributed by atoms with Crippen molar-refractivity contribution in [2.75, 3.05) is 26.7 Å². The molecule has 118 valence electrons. The number of hydrogen-bond donors (Lipinski definition) is 3. The van der Waals surface area contributed by atoms with Gasteiger partial charge in [0.05, 0.1) is 11.2 Å². The van der Waals surface area contributed by atoms with Crippen molar-refractivity contribution >= 4 is 29.9 Å². The average molecular weight is 397 g/mol. The molecule has 6 heteroatoms. The summed E-state index contributed by atoms with van der Waals surface area (Å²) in [5, 5.41) is 16.8. The number of halogens is 1. The van der Waals surface area contributed by atoms with E-state index in [9.17, 15) is 5.11 Å². The number of nitrogens with one attached hydrogen (secondary N) is 2. The Morgan fingerprint density at radius 3 is 2.35 bits per heavy atom. The van der Waals surface area contributed by atoms with Crippen molar-refractivity contribution in [2.24, 2.45) is 4.99 Å². The van der Waals surface area contributed by atoms with Gasteiger partial charge in [0.25, 0.3) is 0 Å². The Labute approximate surface area is 139 Å². The van der Waals surface area contributed by atoms with E-state index < -0.39 is 5.60 Å². The lowest BCUT2D eigenvalue weighted by Crippen LogP contribution is -2.49. The maximum absolute atomic E-state index is 10.3. The second-order valence-corrected chi connectivity index (χ2v) is 6.11.